The molecule has 0 aliphatic carbocycles. The van der Waals surface area contributed by atoms with Gasteiger partial charge in [-0.15, -0.1) is 0 Å². The van der Waals surface area contributed by atoms with E-state index in [4.69, 9.17) is 13.6 Å². The number of benzene rings is 9. The number of hydrogen-bond donors (Lipinski definition) is 0. The van der Waals surface area contributed by atoms with E-state index in [0.717, 1.165) is 83.5 Å². The summed E-state index contributed by atoms with van der Waals surface area (Å²) in [4.78, 5) is 0. The average Bonchev–Trinajstić information content (AvgIpc) is 3.36. The zero-order valence-electron chi connectivity index (χ0n) is 42.4. The van der Waals surface area contributed by atoms with E-state index < -0.39 is 7.82 Å². The minimum Gasteiger partial charge on any atom is -0.385 e. The lowest BCUT2D eigenvalue weighted by Crippen LogP contribution is -2.16. The van der Waals surface area contributed by atoms with Crippen LogP contribution in [0.3, 0.4) is 0 Å². The molecule has 0 spiro atoms. The lowest BCUT2D eigenvalue weighted by molar-refractivity contribution is 0.299. The molecule has 9 aromatic carbocycles. The van der Waals surface area contributed by atoms with Crippen LogP contribution in [0.15, 0.2) is 218 Å². The molecule has 0 saturated carbocycles. The van der Waals surface area contributed by atoms with Crippen molar-refractivity contribution in [2.45, 2.75) is 78.6 Å². The van der Waals surface area contributed by atoms with Gasteiger partial charge >= 0.3 is 7.82 Å². The van der Waals surface area contributed by atoms with E-state index in [1.807, 2.05) is 91.0 Å². The molecule has 4 nitrogen and oxygen atoms in total. The van der Waals surface area contributed by atoms with Crippen molar-refractivity contribution < 1.29 is 18.1 Å². The minimum absolute atomic E-state index is 0.273. The van der Waals surface area contributed by atoms with Gasteiger partial charge in [0.05, 0.1) is 0 Å². The molecule has 0 N–H and O–H groups in total. The maximum absolute atomic E-state index is 17.0. The summed E-state index contributed by atoms with van der Waals surface area (Å²) in [5.41, 5.74) is 13.5. The lowest BCUT2D eigenvalue weighted by atomic mass is 9.78. The van der Waals surface area contributed by atoms with Gasteiger partial charge in [0.1, 0.15) is 17.2 Å². The first-order chi connectivity index (χ1) is 34.0. The molecule has 0 atom stereocenters. The highest BCUT2D eigenvalue weighted by Gasteiger charge is 2.39. The van der Waals surface area contributed by atoms with Gasteiger partial charge in [0.25, 0.3) is 0 Å². The molecule has 0 aromatic heterocycles. The van der Waals surface area contributed by atoms with Crippen LogP contribution in [0.4, 0.5) is 0 Å². The van der Waals surface area contributed by atoms with Crippen molar-refractivity contribution in [2.24, 2.45) is 0 Å². The minimum atomic E-state index is -4.83. The second kappa shape index (κ2) is 19.8. The normalized spacial score (nSPS) is 12.1. The van der Waals surface area contributed by atoms with E-state index >= 15 is 4.57 Å². The van der Waals surface area contributed by atoms with E-state index in [1.165, 1.54) is 0 Å². The Labute approximate surface area is 421 Å². The van der Waals surface area contributed by atoms with Gasteiger partial charge in [-0.25, -0.2) is 0 Å². The van der Waals surface area contributed by atoms with E-state index in [1.54, 1.807) is 0 Å². The van der Waals surface area contributed by atoms with Gasteiger partial charge in [-0.05, 0) is 101 Å². The largest absolute Gasteiger partial charge is 0.647 e. The topological polar surface area (TPSA) is 44.8 Å². The van der Waals surface area contributed by atoms with Crippen LogP contribution in [0, 0.1) is 0 Å². The van der Waals surface area contributed by atoms with Crippen molar-refractivity contribution in [1.29, 1.82) is 0 Å². The van der Waals surface area contributed by atoms with Gasteiger partial charge in [0.15, 0.2) is 0 Å². The summed E-state index contributed by atoms with van der Waals surface area (Å²) in [5.74, 6) is 1.08. The highest BCUT2D eigenvalue weighted by atomic mass is 31.2. The maximum atomic E-state index is 17.0. The molecular weight excluding hydrogens is 888 g/mol. The van der Waals surface area contributed by atoms with Crippen molar-refractivity contribution in [1.82, 2.24) is 0 Å². The first-order valence-corrected chi connectivity index (χ1v) is 26.0. The molecule has 0 saturated heterocycles. The van der Waals surface area contributed by atoms with Crippen molar-refractivity contribution in [3.8, 4) is 84.0 Å². The molecule has 0 amide bonds. The van der Waals surface area contributed by atoms with Gasteiger partial charge < -0.3 is 13.6 Å². The van der Waals surface area contributed by atoms with Crippen LogP contribution in [0.5, 0.6) is 17.2 Å². The number of phosphoric acid groups is 1. The van der Waals surface area contributed by atoms with Crippen LogP contribution in [-0.2, 0) is 20.8 Å². The number of rotatable bonds is 12. The first kappa shape index (κ1) is 48.6. The molecule has 0 aliphatic rings. The first-order valence-electron chi connectivity index (χ1n) is 24.5. The highest BCUT2D eigenvalue weighted by Crippen LogP contribution is 2.59. The summed E-state index contributed by atoms with van der Waals surface area (Å²) in [6.45, 7) is 20.0. The smallest absolute Gasteiger partial charge is 0.385 e. The Balaban J connectivity index is 1.36. The summed E-state index contributed by atoms with van der Waals surface area (Å²) in [7, 11) is -4.83. The molecule has 71 heavy (non-hydrogen) atoms. The predicted octanol–water partition coefficient (Wildman–Crippen LogP) is 19.2. The summed E-state index contributed by atoms with van der Waals surface area (Å²) in [6.07, 6.45) is 0. The fraction of sp³-hybridized carbons (Fsp3) is 0.182. The molecule has 9 aromatic rings. The maximum Gasteiger partial charge on any atom is 0.647 e. The van der Waals surface area contributed by atoms with Gasteiger partial charge in [-0.3, -0.25) is 0 Å². The van der Waals surface area contributed by atoms with Crippen molar-refractivity contribution in [3.05, 3.63) is 235 Å². The van der Waals surface area contributed by atoms with Gasteiger partial charge in [-0.2, -0.15) is 4.57 Å². The third-order valence-corrected chi connectivity index (χ3v) is 14.2. The molecule has 9 rings (SSSR count). The Morgan fingerprint density at radius 3 is 0.620 bits per heavy atom. The fourth-order valence-corrected chi connectivity index (χ4v) is 11.0. The summed E-state index contributed by atoms with van der Waals surface area (Å²) in [5, 5.41) is 0. The molecule has 5 heteroatoms. The molecular formula is C66H63O4P. The third-order valence-electron chi connectivity index (χ3n) is 12.9. The Hall–Kier alpha value is -7.39. The Morgan fingerprint density at radius 1 is 0.254 bits per heavy atom. The highest BCUT2D eigenvalue weighted by molar-refractivity contribution is 7.49. The van der Waals surface area contributed by atoms with Crippen molar-refractivity contribution >= 4 is 7.82 Å². The number of phosphoric ester groups is 1. The monoisotopic (exact) mass is 950 g/mol. The van der Waals surface area contributed by atoms with Gasteiger partial charge in [0.2, 0.25) is 0 Å². The molecule has 0 aliphatic heterocycles. The van der Waals surface area contributed by atoms with Crippen LogP contribution >= 0.6 is 7.82 Å². The zero-order valence-corrected chi connectivity index (χ0v) is 43.3. The molecule has 0 radical (unpaired) electrons. The second-order valence-electron chi connectivity index (χ2n) is 21.3. The quantitative estimate of drug-likeness (QED) is 0.114. The van der Waals surface area contributed by atoms with Crippen LogP contribution in [0.1, 0.15) is 79.0 Å². The van der Waals surface area contributed by atoms with Crippen LogP contribution < -0.4 is 13.6 Å². The Bertz CT molecular complexity index is 2960. The van der Waals surface area contributed by atoms with Crippen molar-refractivity contribution in [3.63, 3.8) is 0 Å². The summed E-state index contributed by atoms with van der Waals surface area (Å²) < 4.78 is 38.6. The van der Waals surface area contributed by atoms with E-state index in [2.05, 4.69) is 190 Å². The molecule has 0 unspecified atom stereocenters. The van der Waals surface area contributed by atoms with E-state index in [9.17, 15) is 0 Å². The van der Waals surface area contributed by atoms with Crippen molar-refractivity contribution in [2.75, 3.05) is 0 Å². The summed E-state index contributed by atoms with van der Waals surface area (Å²) >= 11 is 0. The number of hydrogen-bond acceptors (Lipinski definition) is 4. The zero-order chi connectivity index (χ0) is 50.0. The van der Waals surface area contributed by atoms with E-state index in [0.29, 0.717) is 17.2 Å². The standard InChI is InChI=1S/C66H63O4P/c1-64(2,3)52-40-43-55(61(49-34-22-13-23-35-49)58(52)46-28-16-10-17-29-46)68-71(67,69-56-44-41-53(65(4,5)6)59(47-30-18-11-19-31-47)62(56)50-36-24-14-25-37-50)70-57-45-42-54(66(7,8)9)60(48-32-20-12-21-33-48)63(57)51-38-26-15-27-39-51/h10-45H,1-9H3. The van der Waals surface area contributed by atoms with Gasteiger partial charge in [0, 0.05) is 16.7 Å². The SMILES string of the molecule is CC(C)(C)c1ccc(OP(=O)(Oc2ccc(C(C)(C)C)c(-c3ccccc3)c2-c2ccccc2)Oc2ccc(C(C)(C)C)c(-c3ccccc3)c2-c2ccccc2)c(-c2ccccc2)c1-c1ccccc1. The molecule has 0 heterocycles. The van der Waals surface area contributed by atoms with Gasteiger partial charge in [-0.1, -0.05) is 263 Å². The average molecular weight is 951 g/mol. The Morgan fingerprint density at radius 2 is 0.437 bits per heavy atom. The summed E-state index contributed by atoms with van der Waals surface area (Å²) in [6, 6.07) is 73.7. The predicted molar refractivity (Wildman–Crippen MR) is 298 cm³/mol. The third kappa shape index (κ3) is 10.4. The molecule has 356 valence electrons. The lowest BCUT2D eigenvalue weighted by Gasteiger charge is -2.30. The molecule has 0 bridgehead atoms. The van der Waals surface area contributed by atoms with Crippen LogP contribution in [0.2, 0.25) is 0 Å². The fourth-order valence-electron chi connectivity index (χ4n) is 9.66. The molecule has 0 fully saturated rings. The van der Waals surface area contributed by atoms with Crippen LogP contribution in [0.25, 0.3) is 66.8 Å². The Kier molecular flexibility index (Phi) is 13.5. The van der Waals surface area contributed by atoms with Crippen LogP contribution in [-0.4, -0.2) is 0 Å². The van der Waals surface area contributed by atoms with E-state index in [-0.39, 0.29) is 16.2 Å². The second-order valence-corrected chi connectivity index (χ2v) is 22.7.